The number of hydrogen-bond donors (Lipinski definition) is 0. The van der Waals surface area contributed by atoms with Crippen LogP contribution in [-0.4, -0.2) is 30.5 Å². The van der Waals surface area contributed by atoms with Gasteiger partial charge in [-0.15, -0.1) is 0 Å². The molecule has 0 aliphatic carbocycles. The van der Waals surface area contributed by atoms with Crippen molar-refractivity contribution in [3.63, 3.8) is 0 Å². The Balaban J connectivity index is 2.00. The van der Waals surface area contributed by atoms with Gasteiger partial charge in [-0.05, 0) is 36.4 Å². The van der Waals surface area contributed by atoms with E-state index in [4.69, 9.17) is 14.2 Å². The van der Waals surface area contributed by atoms with Crippen LogP contribution < -0.4 is 19.8 Å². The van der Waals surface area contributed by atoms with E-state index in [2.05, 4.69) is 0 Å². The third kappa shape index (κ3) is 3.88. The SMILES string of the molecule is COc1ccc(C(=O)Cn2c(=O)ccc3cc(OC(C)=O)ccc32)c(OC)c1. The third-order valence-electron chi connectivity index (χ3n) is 4.23. The molecule has 28 heavy (non-hydrogen) atoms. The van der Waals surface area contributed by atoms with Crippen LogP contribution in [0.2, 0.25) is 0 Å². The number of nitrogens with zero attached hydrogens (tertiary/aromatic N) is 1. The van der Waals surface area contributed by atoms with Crippen LogP contribution in [0, 0.1) is 0 Å². The van der Waals surface area contributed by atoms with Crippen molar-refractivity contribution < 1.29 is 23.8 Å². The fraction of sp³-hybridized carbons (Fsp3) is 0.190. The number of Topliss-reactive ketones (excluding diaryl/α,β-unsaturated/α-hetero) is 1. The minimum absolute atomic E-state index is 0.161. The van der Waals surface area contributed by atoms with Gasteiger partial charge in [0.1, 0.15) is 17.2 Å². The lowest BCUT2D eigenvalue weighted by Gasteiger charge is -2.13. The molecule has 3 rings (SSSR count). The maximum Gasteiger partial charge on any atom is 0.308 e. The minimum Gasteiger partial charge on any atom is -0.497 e. The summed E-state index contributed by atoms with van der Waals surface area (Å²) in [6.45, 7) is 1.15. The first kappa shape index (κ1) is 19.2. The van der Waals surface area contributed by atoms with E-state index in [1.165, 1.54) is 31.8 Å². The molecule has 0 unspecified atom stereocenters. The van der Waals surface area contributed by atoms with Gasteiger partial charge in [0.2, 0.25) is 0 Å². The zero-order chi connectivity index (χ0) is 20.3. The standard InChI is InChI=1S/C21H19NO6/c1-13(23)28-16-6-8-18-14(10-16)4-9-21(25)22(18)12-19(24)17-7-5-15(26-2)11-20(17)27-3/h4-11H,12H2,1-3H3. The maximum atomic E-state index is 12.9. The number of rotatable bonds is 6. The van der Waals surface area contributed by atoms with Crippen molar-refractivity contribution in [3.8, 4) is 17.2 Å². The molecule has 1 aromatic heterocycles. The first-order chi connectivity index (χ1) is 13.4. The monoisotopic (exact) mass is 381 g/mol. The average molecular weight is 381 g/mol. The van der Waals surface area contributed by atoms with Crippen LogP contribution in [0.4, 0.5) is 0 Å². The van der Waals surface area contributed by atoms with Crippen molar-refractivity contribution in [1.82, 2.24) is 4.57 Å². The van der Waals surface area contributed by atoms with E-state index in [0.29, 0.717) is 33.7 Å². The summed E-state index contributed by atoms with van der Waals surface area (Å²) in [4.78, 5) is 36.4. The van der Waals surface area contributed by atoms with E-state index in [-0.39, 0.29) is 17.9 Å². The van der Waals surface area contributed by atoms with Crippen molar-refractivity contribution >= 4 is 22.7 Å². The molecule has 0 spiro atoms. The second kappa shape index (κ2) is 7.96. The van der Waals surface area contributed by atoms with Crippen molar-refractivity contribution in [2.75, 3.05) is 14.2 Å². The minimum atomic E-state index is -0.436. The summed E-state index contributed by atoms with van der Waals surface area (Å²) in [5.41, 5.74) is 0.599. The highest BCUT2D eigenvalue weighted by Crippen LogP contribution is 2.26. The highest BCUT2D eigenvalue weighted by atomic mass is 16.5. The summed E-state index contributed by atoms with van der Waals surface area (Å²) in [7, 11) is 2.99. The Hall–Kier alpha value is -3.61. The molecule has 0 bridgehead atoms. The van der Waals surface area contributed by atoms with Crippen molar-refractivity contribution in [3.05, 3.63) is 64.4 Å². The molecule has 0 amide bonds. The van der Waals surface area contributed by atoms with Crippen LogP contribution in [-0.2, 0) is 11.3 Å². The Kier molecular flexibility index (Phi) is 5.44. The second-order valence-electron chi connectivity index (χ2n) is 6.06. The lowest BCUT2D eigenvalue weighted by molar-refractivity contribution is -0.131. The molecule has 0 aliphatic rings. The second-order valence-corrected chi connectivity index (χ2v) is 6.06. The number of fused-ring (bicyclic) bond motifs is 1. The average Bonchev–Trinajstić information content (AvgIpc) is 2.69. The number of carbonyl (C=O) groups is 2. The number of carbonyl (C=O) groups excluding carboxylic acids is 2. The third-order valence-corrected chi connectivity index (χ3v) is 4.23. The van der Waals surface area contributed by atoms with Gasteiger partial charge in [0.05, 0.1) is 31.8 Å². The molecule has 7 nitrogen and oxygen atoms in total. The number of ketones is 1. The molecule has 0 atom stereocenters. The van der Waals surface area contributed by atoms with Crippen molar-refractivity contribution in [1.29, 1.82) is 0 Å². The highest BCUT2D eigenvalue weighted by Gasteiger charge is 2.16. The van der Waals surface area contributed by atoms with Gasteiger partial charge < -0.3 is 18.8 Å². The van der Waals surface area contributed by atoms with Crippen LogP contribution >= 0.6 is 0 Å². The number of methoxy groups -OCH3 is 2. The van der Waals surface area contributed by atoms with Gasteiger partial charge in [-0.25, -0.2) is 0 Å². The van der Waals surface area contributed by atoms with Gasteiger partial charge in [-0.2, -0.15) is 0 Å². The van der Waals surface area contributed by atoms with E-state index in [1.807, 2.05) is 0 Å². The summed E-state index contributed by atoms with van der Waals surface area (Å²) < 4.78 is 16.9. The van der Waals surface area contributed by atoms with Crippen molar-refractivity contribution in [2.45, 2.75) is 13.5 Å². The van der Waals surface area contributed by atoms with Gasteiger partial charge in [0.25, 0.3) is 5.56 Å². The predicted octanol–water partition coefficient (Wildman–Crippen LogP) is 2.83. The van der Waals surface area contributed by atoms with Crippen LogP contribution in [0.3, 0.4) is 0 Å². The molecule has 3 aromatic rings. The zero-order valence-electron chi connectivity index (χ0n) is 15.7. The van der Waals surface area contributed by atoms with Crippen molar-refractivity contribution in [2.24, 2.45) is 0 Å². The van der Waals surface area contributed by atoms with Gasteiger partial charge in [-0.1, -0.05) is 0 Å². The molecular formula is C21H19NO6. The number of hydrogen-bond acceptors (Lipinski definition) is 6. The first-order valence-electron chi connectivity index (χ1n) is 8.50. The zero-order valence-corrected chi connectivity index (χ0v) is 15.7. The van der Waals surface area contributed by atoms with Gasteiger partial charge in [0.15, 0.2) is 5.78 Å². The molecule has 1 heterocycles. The topological polar surface area (TPSA) is 83.8 Å². The quantitative estimate of drug-likeness (QED) is 0.371. The highest BCUT2D eigenvalue weighted by molar-refractivity contribution is 5.99. The van der Waals surface area contributed by atoms with Crippen LogP contribution in [0.25, 0.3) is 10.9 Å². The Morgan fingerprint density at radius 1 is 0.929 bits per heavy atom. The first-order valence-corrected chi connectivity index (χ1v) is 8.50. The van der Waals surface area contributed by atoms with E-state index in [1.54, 1.807) is 42.5 Å². The van der Waals surface area contributed by atoms with Gasteiger partial charge in [0, 0.05) is 24.4 Å². The number of benzene rings is 2. The number of esters is 1. The van der Waals surface area contributed by atoms with Gasteiger partial charge in [-0.3, -0.25) is 14.4 Å². The lowest BCUT2D eigenvalue weighted by atomic mass is 10.1. The summed E-state index contributed by atoms with van der Waals surface area (Å²) in [6.07, 6.45) is 0. The summed E-state index contributed by atoms with van der Waals surface area (Å²) in [6, 6.07) is 12.8. The number of aromatic nitrogens is 1. The molecule has 0 saturated heterocycles. The Morgan fingerprint density at radius 3 is 2.36 bits per heavy atom. The Morgan fingerprint density at radius 2 is 1.68 bits per heavy atom. The summed E-state index contributed by atoms with van der Waals surface area (Å²) in [5.74, 6) is 0.587. The fourth-order valence-corrected chi connectivity index (χ4v) is 2.93. The smallest absolute Gasteiger partial charge is 0.308 e. The largest absolute Gasteiger partial charge is 0.497 e. The molecule has 0 saturated carbocycles. The molecule has 0 N–H and O–H groups in total. The lowest BCUT2D eigenvalue weighted by Crippen LogP contribution is -2.24. The molecule has 0 aliphatic heterocycles. The molecule has 0 fully saturated rings. The normalized spacial score (nSPS) is 10.5. The molecule has 2 aromatic carbocycles. The predicted molar refractivity (Wildman–Crippen MR) is 103 cm³/mol. The van der Waals surface area contributed by atoms with E-state index in [0.717, 1.165) is 0 Å². The van der Waals surface area contributed by atoms with Crippen LogP contribution in [0.1, 0.15) is 17.3 Å². The number of ether oxygens (including phenoxy) is 3. The van der Waals surface area contributed by atoms with E-state index >= 15 is 0 Å². The fourth-order valence-electron chi connectivity index (χ4n) is 2.93. The molecule has 144 valence electrons. The van der Waals surface area contributed by atoms with Crippen LogP contribution in [0.5, 0.6) is 17.2 Å². The van der Waals surface area contributed by atoms with E-state index in [9.17, 15) is 14.4 Å². The summed E-state index contributed by atoms with van der Waals surface area (Å²) >= 11 is 0. The van der Waals surface area contributed by atoms with E-state index < -0.39 is 5.97 Å². The Bertz CT molecular complexity index is 1120. The molecule has 0 radical (unpaired) electrons. The van der Waals surface area contributed by atoms with Crippen LogP contribution in [0.15, 0.2) is 53.3 Å². The van der Waals surface area contributed by atoms with Gasteiger partial charge >= 0.3 is 5.97 Å². The Labute approximate surface area is 161 Å². The number of pyridine rings is 1. The molecular weight excluding hydrogens is 362 g/mol. The molecule has 7 heteroatoms. The maximum absolute atomic E-state index is 12.9. The summed E-state index contributed by atoms with van der Waals surface area (Å²) in [5, 5.41) is 0.674.